The molecule has 0 aromatic heterocycles. The standard InChI is InChI=1S/C20H21F3N2O/c1-13(14-5-3-2-4-6-14)25-19(26)18-12-24-11-17(18)15-7-9-16(10-8-15)20(21,22)23/h2-10,13,17-18,24H,11-12H2,1H3,(H,25,26)/t13-,17+,18-/m0/s1. The van der Waals surface area contributed by atoms with Gasteiger partial charge in [-0.1, -0.05) is 42.5 Å². The van der Waals surface area contributed by atoms with E-state index < -0.39 is 11.7 Å². The van der Waals surface area contributed by atoms with Gasteiger partial charge in [-0.05, 0) is 30.2 Å². The number of alkyl halides is 3. The van der Waals surface area contributed by atoms with E-state index in [0.717, 1.165) is 23.3 Å². The van der Waals surface area contributed by atoms with Gasteiger partial charge in [0.2, 0.25) is 5.91 Å². The lowest BCUT2D eigenvalue weighted by Crippen LogP contribution is -2.36. The van der Waals surface area contributed by atoms with Crippen LogP contribution < -0.4 is 10.6 Å². The van der Waals surface area contributed by atoms with Crippen molar-refractivity contribution < 1.29 is 18.0 Å². The van der Waals surface area contributed by atoms with Crippen molar-refractivity contribution >= 4 is 5.91 Å². The van der Waals surface area contributed by atoms with E-state index in [1.165, 1.54) is 12.1 Å². The Morgan fingerprint density at radius 1 is 1.08 bits per heavy atom. The van der Waals surface area contributed by atoms with E-state index >= 15 is 0 Å². The summed E-state index contributed by atoms with van der Waals surface area (Å²) >= 11 is 0. The number of halogens is 3. The number of carbonyl (C=O) groups excluding carboxylic acids is 1. The van der Waals surface area contributed by atoms with Crippen molar-refractivity contribution in [3.63, 3.8) is 0 Å². The second kappa shape index (κ2) is 7.50. The molecule has 2 N–H and O–H groups in total. The van der Waals surface area contributed by atoms with Crippen LogP contribution in [-0.2, 0) is 11.0 Å². The van der Waals surface area contributed by atoms with Crippen molar-refractivity contribution in [2.45, 2.75) is 25.1 Å². The van der Waals surface area contributed by atoms with Crippen LogP contribution in [0.15, 0.2) is 54.6 Å². The average Bonchev–Trinajstić information content (AvgIpc) is 3.11. The predicted molar refractivity (Wildman–Crippen MR) is 93.5 cm³/mol. The molecule has 2 aromatic rings. The lowest BCUT2D eigenvalue weighted by Gasteiger charge is -2.22. The summed E-state index contributed by atoms with van der Waals surface area (Å²) in [6.45, 7) is 3.00. The van der Waals surface area contributed by atoms with Gasteiger partial charge in [0, 0.05) is 19.0 Å². The maximum atomic E-state index is 12.7. The Bertz CT molecular complexity index is 744. The number of hydrogen-bond acceptors (Lipinski definition) is 2. The van der Waals surface area contributed by atoms with Gasteiger partial charge < -0.3 is 10.6 Å². The summed E-state index contributed by atoms with van der Waals surface area (Å²) in [6, 6.07) is 14.6. The van der Waals surface area contributed by atoms with Crippen molar-refractivity contribution in [2.75, 3.05) is 13.1 Å². The average molecular weight is 362 g/mol. The molecule has 0 unspecified atom stereocenters. The van der Waals surface area contributed by atoms with E-state index in [2.05, 4.69) is 10.6 Å². The lowest BCUT2D eigenvalue weighted by molar-refractivity contribution is -0.137. The van der Waals surface area contributed by atoms with Crippen molar-refractivity contribution in [3.8, 4) is 0 Å². The second-order valence-electron chi connectivity index (χ2n) is 6.63. The van der Waals surface area contributed by atoms with Gasteiger partial charge in [0.05, 0.1) is 17.5 Å². The number of carbonyl (C=O) groups is 1. The van der Waals surface area contributed by atoms with Gasteiger partial charge in [0.25, 0.3) is 0 Å². The fraction of sp³-hybridized carbons (Fsp3) is 0.350. The summed E-state index contributed by atoms with van der Waals surface area (Å²) in [5.41, 5.74) is 1.08. The van der Waals surface area contributed by atoms with E-state index in [-0.39, 0.29) is 23.8 Å². The van der Waals surface area contributed by atoms with Crippen LogP contribution in [0, 0.1) is 5.92 Å². The maximum Gasteiger partial charge on any atom is 0.416 e. The molecule has 1 fully saturated rings. The van der Waals surface area contributed by atoms with Crippen LogP contribution in [0.2, 0.25) is 0 Å². The fourth-order valence-electron chi connectivity index (χ4n) is 3.37. The van der Waals surface area contributed by atoms with Crippen molar-refractivity contribution in [1.82, 2.24) is 10.6 Å². The third-order valence-electron chi connectivity index (χ3n) is 4.88. The minimum Gasteiger partial charge on any atom is -0.349 e. The topological polar surface area (TPSA) is 41.1 Å². The van der Waals surface area contributed by atoms with Crippen molar-refractivity contribution in [2.24, 2.45) is 5.92 Å². The van der Waals surface area contributed by atoms with Gasteiger partial charge in [-0.25, -0.2) is 0 Å². The first-order valence-corrected chi connectivity index (χ1v) is 8.59. The van der Waals surface area contributed by atoms with E-state index in [9.17, 15) is 18.0 Å². The molecule has 3 rings (SSSR count). The molecule has 1 aliphatic heterocycles. The van der Waals surface area contributed by atoms with Gasteiger partial charge in [0.1, 0.15) is 0 Å². The molecule has 1 saturated heterocycles. The highest BCUT2D eigenvalue weighted by molar-refractivity contribution is 5.81. The molecule has 3 atom stereocenters. The number of rotatable bonds is 4. The van der Waals surface area contributed by atoms with Crippen LogP contribution >= 0.6 is 0 Å². The summed E-state index contributed by atoms with van der Waals surface area (Å²) in [4.78, 5) is 12.7. The zero-order valence-electron chi connectivity index (χ0n) is 14.4. The second-order valence-corrected chi connectivity index (χ2v) is 6.63. The summed E-state index contributed by atoms with van der Waals surface area (Å²) in [5, 5.41) is 6.19. The number of hydrogen-bond donors (Lipinski definition) is 2. The Morgan fingerprint density at radius 3 is 2.35 bits per heavy atom. The van der Waals surface area contributed by atoms with Gasteiger partial charge in [-0.15, -0.1) is 0 Å². The Hall–Kier alpha value is -2.34. The van der Waals surface area contributed by atoms with E-state index in [4.69, 9.17) is 0 Å². The number of benzene rings is 2. The molecule has 26 heavy (non-hydrogen) atoms. The van der Waals surface area contributed by atoms with Gasteiger partial charge in [-0.2, -0.15) is 13.2 Å². The summed E-state index contributed by atoms with van der Waals surface area (Å²) in [6.07, 6.45) is -4.35. The molecule has 1 amide bonds. The minimum atomic E-state index is -4.35. The van der Waals surface area contributed by atoms with E-state index in [1.807, 2.05) is 37.3 Å². The fourth-order valence-corrected chi connectivity index (χ4v) is 3.37. The largest absolute Gasteiger partial charge is 0.416 e. The first-order chi connectivity index (χ1) is 12.4. The van der Waals surface area contributed by atoms with Crippen LogP contribution in [0.25, 0.3) is 0 Å². The lowest BCUT2D eigenvalue weighted by atomic mass is 9.87. The Kier molecular flexibility index (Phi) is 5.32. The molecule has 2 aromatic carbocycles. The molecule has 6 heteroatoms. The molecule has 138 valence electrons. The van der Waals surface area contributed by atoms with Crippen LogP contribution in [-0.4, -0.2) is 19.0 Å². The van der Waals surface area contributed by atoms with E-state index in [1.54, 1.807) is 0 Å². The maximum absolute atomic E-state index is 12.7. The van der Waals surface area contributed by atoms with Crippen LogP contribution in [0.3, 0.4) is 0 Å². The third-order valence-corrected chi connectivity index (χ3v) is 4.88. The molecule has 0 spiro atoms. The zero-order chi connectivity index (χ0) is 18.7. The highest BCUT2D eigenvalue weighted by atomic mass is 19.4. The molecule has 0 saturated carbocycles. The van der Waals surface area contributed by atoms with Gasteiger partial charge in [-0.3, -0.25) is 4.79 Å². The van der Waals surface area contributed by atoms with Crippen molar-refractivity contribution in [3.05, 3.63) is 71.3 Å². The zero-order valence-corrected chi connectivity index (χ0v) is 14.4. The van der Waals surface area contributed by atoms with Crippen LogP contribution in [0.4, 0.5) is 13.2 Å². The van der Waals surface area contributed by atoms with Gasteiger partial charge in [0.15, 0.2) is 0 Å². The monoisotopic (exact) mass is 362 g/mol. The first kappa shape index (κ1) is 18.5. The summed E-state index contributed by atoms with van der Waals surface area (Å²) in [5.74, 6) is -0.533. The molecule has 1 aliphatic rings. The summed E-state index contributed by atoms with van der Waals surface area (Å²) < 4.78 is 38.2. The molecular formula is C20H21F3N2O. The quantitative estimate of drug-likeness (QED) is 0.867. The molecule has 1 heterocycles. The van der Waals surface area contributed by atoms with Gasteiger partial charge >= 0.3 is 6.18 Å². The Balaban J connectivity index is 1.70. The smallest absolute Gasteiger partial charge is 0.349 e. The third kappa shape index (κ3) is 4.07. The Labute approximate surface area is 150 Å². The molecular weight excluding hydrogens is 341 g/mol. The normalized spacial score (nSPS) is 21.4. The minimum absolute atomic E-state index is 0.0868. The van der Waals surface area contributed by atoms with Crippen molar-refractivity contribution in [1.29, 1.82) is 0 Å². The number of amides is 1. The van der Waals surface area contributed by atoms with Crippen LogP contribution in [0.1, 0.15) is 35.6 Å². The highest BCUT2D eigenvalue weighted by Gasteiger charge is 2.35. The molecule has 3 nitrogen and oxygen atoms in total. The number of nitrogens with one attached hydrogen (secondary N) is 2. The van der Waals surface area contributed by atoms with E-state index in [0.29, 0.717) is 13.1 Å². The predicted octanol–water partition coefficient (Wildman–Crippen LogP) is 3.89. The highest BCUT2D eigenvalue weighted by Crippen LogP contribution is 2.33. The summed E-state index contributed by atoms with van der Waals surface area (Å²) in [7, 11) is 0. The molecule has 0 aliphatic carbocycles. The SMILES string of the molecule is C[C@H](NC(=O)[C@H]1CNC[C@@H]1c1ccc(C(F)(F)F)cc1)c1ccccc1. The molecule has 0 radical (unpaired) electrons. The van der Waals surface area contributed by atoms with Crippen LogP contribution in [0.5, 0.6) is 0 Å². The Morgan fingerprint density at radius 2 is 1.73 bits per heavy atom. The molecule has 0 bridgehead atoms. The first-order valence-electron chi connectivity index (χ1n) is 8.59.